The summed E-state index contributed by atoms with van der Waals surface area (Å²) in [5, 5.41) is 1.50. The minimum absolute atomic E-state index is 0.00579. The second-order valence-electron chi connectivity index (χ2n) is 8.68. The van der Waals surface area contributed by atoms with E-state index in [-0.39, 0.29) is 35.2 Å². The van der Waals surface area contributed by atoms with Crippen LogP contribution in [0.3, 0.4) is 0 Å². The van der Waals surface area contributed by atoms with Gasteiger partial charge in [-0.2, -0.15) is 13.2 Å². The number of sulfone groups is 1. The van der Waals surface area contributed by atoms with Crippen LogP contribution in [0, 0.1) is 18.6 Å². The summed E-state index contributed by atoms with van der Waals surface area (Å²) in [6, 6.07) is 4.57. The Hall–Kier alpha value is -2.64. The molecular weight excluding hydrogens is 523 g/mol. The summed E-state index contributed by atoms with van der Waals surface area (Å²) in [6.45, 7) is 2.57. The number of likely N-dealkylation sites (N-methyl/N-ethyl adjacent to an activating group) is 1. The quantitative estimate of drug-likeness (QED) is 0.396. The van der Waals surface area contributed by atoms with Crippen LogP contribution in [0.2, 0.25) is 0 Å². The summed E-state index contributed by atoms with van der Waals surface area (Å²) in [5.74, 6) is -2.94. The van der Waals surface area contributed by atoms with Gasteiger partial charge in [0.25, 0.3) is 0 Å². The zero-order valence-corrected chi connectivity index (χ0v) is 21.0. The Labute approximate surface area is 209 Å². The van der Waals surface area contributed by atoms with E-state index >= 15 is 4.39 Å². The second kappa shape index (κ2) is 10.0. The van der Waals surface area contributed by atoms with Crippen LogP contribution < -0.4 is 4.90 Å². The van der Waals surface area contributed by atoms with Crippen molar-refractivity contribution in [1.29, 1.82) is 0 Å². The van der Waals surface area contributed by atoms with Crippen LogP contribution in [0.5, 0.6) is 0 Å². The van der Waals surface area contributed by atoms with Gasteiger partial charge in [0, 0.05) is 49.4 Å². The van der Waals surface area contributed by atoms with Crippen molar-refractivity contribution in [2.45, 2.75) is 42.8 Å². The second-order valence-corrected chi connectivity index (χ2v) is 11.3. The van der Waals surface area contributed by atoms with Gasteiger partial charge in [0.2, 0.25) is 0 Å². The Balaban J connectivity index is 1.51. The summed E-state index contributed by atoms with van der Waals surface area (Å²) in [4.78, 5) is 10.2. The number of benzene rings is 1. The van der Waals surface area contributed by atoms with Gasteiger partial charge in [-0.15, -0.1) is 11.3 Å². The third-order valence-electron chi connectivity index (χ3n) is 6.18. The van der Waals surface area contributed by atoms with E-state index in [2.05, 4.69) is 9.97 Å². The summed E-state index contributed by atoms with van der Waals surface area (Å²) < 4.78 is 94.5. The number of hydrogen-bond acceptors (Lipinski definition) is 7. The fourth-order valence-corrected chi connectivity index (χ4v) is 6.47. The smallest absolute Gasteiger partial charge is 0.370 e. The third-order valence-corrected chi connectivity index (χ3v) is 8.49. The first-order valence-corrected chi connectivity index (χ1v) is 13.5. The molecule has 1 aliphatic rings. The van der Waals surface area contributed by atoms with Crippen LogP contribution in [0.4, 0.5) is 27.6 Å². The minimum atomic E-state index is -4.53. The summed E-state index contributed by atoms with van der Waals surface area (Å²) in [7, 11) is -2.65. The molecule has 1 saturated heterocycles. The van der Waals surface area contributed by atoms with Crippen molar-refractivity contribution >= 4 is 26.9 Å². The number of likely N-dealkylation sites (tertiary alicyclic amines) is 1. The predicted molar refractivity (Wildman–Crippen MR) is 125 cm³/mol. The van der Waals surface area contributed by atoms with Crippen molar-refractivity contribution in [1.82, 2.24) is 14.9 Å². The van der Waals surface area contributed by atoms with Gasteiger partial charge in [-0.25, -0.2) is 27.2 Å². The van der Waals surface area contributed by atoms with Crippen LogP contribution in [-0.4, -0.2) is 49.5 Å². The number of alkyl halides is 3. The van der Waals surface area contributed by atoms with E-state index in [0.717, 1.165) is 12.1 Å². The molecular formula is C23H23F5N4O2S2. The third kappa shape index (κ3) is 5.52. The lowest BCUT2D eigenvalue weighted by Crippen LogP contribution is -2.35. The number of thiazole rings is 1. The highest BCUT2D eigenvalue weighted by molar-refractivity contribution is 7.90. The van der Waals surface area contributed by atoms with Crippen LogP contribution in [0.1, 0.15) is 29.1 Å². The number of hydrogen-bond donors (Lipinski definition) is 0. The first-order valence-electron chi connectivity index (χ1n) is 10.9. The molecule has 0 radical (unpaired) electrons. The monoisotopic (exact) mass is 546 g/mol. The van der Waals surface area contributed by atoms with Gasteiger partial charge in [0.1, 0.15) is 22.2 Å². The van der Waals surface area contributed by atoms with Gasteiger partial charge in [0.15, 0.2) is 9.84 Å². The first kappa shape index (κ1) is 26.4. The maximum atomic E-state index is 15.2. The van der Waals surface area contributed by atoms with E-state index < -0.39 is 44.0 Å². The maximum absolute atomic E-state index is 15.2. The molecule has 13 heteroatoms. The molecule has 0 unspecified atom stereocenters. The van der Waals surface area contributed by atoms with Gasteiger partial charge < -0.3 is 4.90 Å². The van der Waals surface area contributed by atoms with Gasteiger partial charge in [-0.05, 0) is 31.5 Å². The van der Waals surface area contributed by atoms with Crippen molar-refractivity contribution in [2.75, 3.05) is 25.0 Å². The van der Waals surface area contributed by atoms with E-state index in [1.165, 1.54) is 41.3 Å². The summed E-state index contributed by atoms with van der Waals surface area (Å²) in [5.41, 5.74) is 1.17. The standard InChI is InChI=1S/C23H23F5N4O2S2/c1-14-19(8-18(24)22(21(14)25)36(33,34)12-16-11-35-13-29-16)31(2)17-6-7-32(10-17)9-15-4-3-5-20(30-15)23(26,27)28/h3-5,8,11,13,17H,6-7,9-10,12H2,1-2H3/t17-/m0/s1. The van der Waals surface area contributed by atoms with E-state index in [0.29, 0.717) is 19.5 Å². The van der Waals surface area contributed by atoms with E-state index in [1.54, 1.807) is 11.9 Å². The van der Waals surface area contributed by atoms with Gasteiger partial charge in [-0.3, -0.25) is 4.90 Å². The predicted octanol–water partition coefficient (Wildman–Crippen LogP) is 4.83. The van der Waals surface area contributed by atoms with Crippen molar-refractivity contribution in [3.8, 4) is 0 Å². The van der Waals surface area contributed by atoms with Crippen LogP contribution in [0.15, 0.2) is 40.1 Å². The Morgan fingerprint density at radius 1 is 1.22 bits per heavy atom. The molecule has 0 bridgehead atoms. The van der Waals surface area contributed by atoms with E-state index in [9.17, 15) is 26.0 Å². The lowest BCUT2D eigenvalue weighted by Gasteiger charge is -2.29. The molecule has 36 heavy (non-hydrogen) atoms. The summed E-state index contributed by atoms with van der Waals surface area (Å²) in [6.07, 6.45) is -3.93. The number of pyridine rings is 1. The fraction of sp³-hybridized carbons (Fsp3) is 0.391. The number of anilines is 1. The number of halogens is 5. The van der Waals surface area contributed by atoms with Gasteiger partial charge in [-0.1, -0.05) is 6.07 Å². The SMILES string of the molecule is Cc1c(N(C)[C@H]2CCN(Cc3cccc(C(F)(F)F)n3)C2)cc(F)c(S(=O)(=O)Cc2cscn2)c1F. The Kier molecular flexibility index (Phi) is 7.35. The Morgan fingerprint density at radius 2 is 1.97 bits per heavy atom. The van der Waals surface area contributed by atoms with Crippen LogP contribution in [0.25, 0.3) is 0 Å². The molecule has 2 aromatic heterocycles. The van der Waals surface area contributed by atoms with Gasteiger partial charge >= 0.3 is 6.18 Å². The molecule has 6 nitrogen and oxygen atoms in total. The lowest BCUT2D eigenvalue weighted by atomic mass is 10.1. The molecule has 0 N–H and O–H groups in total. The molecule has 4 rings (SSSR count). The average Bonchev–Trinajstić information content (AvgIpc) is 3.47. The number of nitrogens with zero attached hydrogens (tertiary/aromatic N) is 4. The van der Waals surface area contributed by atoms with Crippen molar-refractivity contribution in [3.05, 3.63) is 69.4 Å². The average molecular weight is 547 g/mol. The largest absolute Gasteiger partial charge is 0.433 e. The Bertz CT molecular complexity index is 1350. The van der Waals surface area contributed by atoms with E-state index in [4.69, 9.17) is 0 Å². The molecule has 194 valence electrons. The fourth-order valence-electron chi connectivity index (χ4n) is 4.33. The molecule has 1 atom stereocenters. The number of aromatic nitrogens is 2. The molecule has 3 aromatic rings. The summed E-state index contributed by atoms with van der Waals surface area (Å²) >= 11 is 1.18. The van der Waals surface area contributed by atoms with Gasteiger partial charge in [0.05, 0.1) is 22.7 Å². The molecule has 0 spiro atoms. The molecule has 0 saturated carbocycles. The molecule has 0 amide bonds. The van der Waals surface area contributed by atoms with E-state index in [1.807, 2.05) is 4.90 Å². The molecule has 1 fully saturated rings. The highest BCUT2D eigenvalue weighted by Gasteiger charge is 2.34. The van der Waals surface area contributed by atoms with Crippen LogP contribution in [-0.2, 0) is 28.3 Å². The Morgan fingerprint density at radius 3 is 2.64 bits per heavy atom. The first-order chi connectivity index (χ1) is 16.9. The molecule has 1 aliphatic heterocycles. The van der Waals surface area contributed by atoms with Crippen molar-refractivity contribution in [3.63, 3.8) is 0 Å². The highest BCUT2D eigenvalue weighted by Crippen LogP contribution is 2.34. The molecule has 1 aromatic carbocycles. The zero-order chi connectivity index (χ0) is 26.3. The zero-order valence-electron chi connectivity index (χ0n) is 19.4. The molecule has 3 heterocycles. The van der Waals surface area contributed by atoms with Crippen molar-refractivity contribution in [2.24, 2.45) is 0 Å². The normalized spacial score (nSPS) is 17.0. The number of rotatable bonds is 7. The lowest BCUT2D eigenvalue weighted by molar-refractivity contribution is -0.141. The topological polar surface area (TPSA) is 66.4 Å². The minimum Gasteiger partial charge on any atom is -0.370 e. The highest BCUT2D eigenvalue weighted by atomic mass is 32.2. The van der Waals surface area contributed by atoms with Crippen molar-refractivity contribution < 1.29 is 30.4 Å². The van der Waals surface area contributed by atoms with Crippen LogP contribution >= 0.6 is 11.3 Å². The molecule has 0 aliphatic carbocycles. The maximum Gasteiger partial charge on any atom is 0.433 e.